The molecule has 0 atom stereocenters. The molecule has 23 heavy (non-hydrogen) atoms. The van der Waals surface area contributed by atoms with Gasteiger partial charge in [0.1, 0.15) is 0 Å². The third kappa shape index (κ3) is 12.7. The molecule has 4 nitrogen and oxygen atoms in total. The van der Waals surface area contributed by atoms with Crippen LogP contribution in [0.15, 0.2) is 74.4 Å². The van der Waals surface area contributed by atoms with Crippen molar-refractivity contribution in [1.29, 1.82) is 0 Å². The summed E-state index contributed by atoms with van der Waals surface area (Å²) in [7, 11) is 0. The molecule has 2 aromatic heterocycles. The average molecular weight is 333 g/mol. The predicted molar refractivity (Wildman–Crippen MR) is 98.4 cm³/mol. The van der Waals surface area contributed by atoms with E-state index in [1.165, 1.54) is 6.92 Å². The summed E-state index contributed by atoms with van der Waals surface area (Å²) >= 11 is 0. The summed E-state index contributed by atoms with van der Waals surface area (Å²) in [5.74, 6) is -0.935. The number of nitrogens with zero attached hydrogens (tertiary/aromatic N) is 2. The van der Waals surface area contributed by atoms with Crippen LogP contribution < -0.4 is 0 Å². The minimum absolute atomic E-state index is 0. The molecule has 2 rings (SSSR count). The molecule has 0 amide bonds. The van der Waals surface area contributed by atoms with E-state index < -0.39 is 5.97 Å². The molecular weight excluding hydrogens is 312 g/mol. The first kappa shape index (κ1) is 22.6. The van der Waals surface area contributed by atoms with Gasteiger partial charge >= 0.3 is 5.97 Å². The SMILES string of the molecule is C=C(C)C(=O)O.C=Cc1ccncc1.C=Cc1ccncc1.Cl. The van der Waals surface area contributed by atoms with Crippen LogP contribution in [0.3, 0.4) is 0 Å². The monoisotopic (exact) mass is 332 g/mol. The van der Waals surface area contributed by atoms with E-state index in [0.29, 0.717) is 0 Å². The number of hydrogen-bond acceptors (Lipinski definition) is 3. The van der Waals surface area contributed by atoms with Crippen molar-refractivity contribution in [3.8, 4) is 0 Å². The van der Waals surface area contributed by atoms with Gasteiger partial charge in [-0.25, -0.2) is 4.79 Å². The molecule has 0 radical (unpaired) electrons. The summed E-state index contributed by atoms with van der Waals surface area (Å²) in [6.07, 6.45) is 10.6. The summed E-state index contributed by atoms with van der Waals surface area (Å²) < 4.78 is 0. The summed E-state index contributed by atoms with van der Waals surface area (Å²) in [6, 6.07) is 7.64. The fourth-order valence-electron chi connectivity index (χ4n) is 0.999. The van der Waals surface area contributed by atoms with Gasteiger partial charge in [-0.15, -0.1) is 12.4 Å². The fraction of sp³-hybridized carbons (Fsp3) is 0.0556. The largest absolute Gasteiger partial charge is 0.478 e. The van der Waals surface area contributed by atoms with Crippen molar-refractivity contribution >= 4 is 30.5 Å². The van der Waals surface area contributed by atoms with Crippen LogP contribution >= 0.6 is 12.4 Å². The van der Waals surface area contributed by atoms with Crippen LogP contribution in [0.2, 0.25) is 0 Å². The molecule has 5 heteroatoms. The zero-order valence-corrected chi connectivity index (χ0v) is 13.9. The number of carboxylic acids is 1. The quantitative estimate of drug-likeness (QED) is 0.839. The van der Waals surface area contributed by atoms with Crippen molar-refractivity contribution in [2.24, 2.45) is 0 Å². The minimum Gasteiger partial charge on any atom is -0.478 e. The Bertz CT molecular complexity index is 543. The fourth-order valence-corrected chi connectivity index (χ4v) is 0.999. The third-order valence-corrected chi connectivity index (χ3v) is 2.25. The van der Waals surface area contributed by atoms with E-state index in [1.807, 2.05) is 24.3 Å². The molecule has 1 N–H and O–H groups in total. The van der Waals surface area contributed by atoms with Crippen molar-refractivity contribution in [3.05, 3.63) is 85.5 Å². The van der Waals surface area contributed by atoms with Crippen LogP contribution in [0.4, 0.5) is 0 Å². The first-order valence-electron chi connectivity index (χ1n) is 6.45. The smallest absolute Gasteiger partial charge is 0.330 e. The lowest BCUT2D eigenvalue weighted by atomic mass is 10.3. The van der Waals surface area contributed by atoms with Crippen molar-refractivity contribution < 1.29 is 9.90 Å². The normalized spacial score (nSPS) is 7.87. The van der Waals surface area contributed by atoms with Gasteiger partial charge < -0.3 is 5.11 Å². The second-order valence-electron chi connectivity index (χ2n) is 4.05. The van der Waals surface area contributed by atoms with Gasteiger partial charge in [0, 0.05) is 30.4 Å². The second-order valence-corrected chi connectivity index (χ2v) is 4.05. The molecule has 0 saturated heterocycles. The molecule has 0 aliphatic heterocycles. The molecule has 2 heterocycles. The van der Waals surface area contributed by atoms with Crippen molar-refractivity contribution in [2.45, 2.75) is 6.92 Å². The number of halogens is 1. The van der Waals surface area contributed by atoms with E-state index in [4.69, 9.17) is 5.11 Å². The molecule has 0 spiro atoms. The molecule has 0 aromatic carbocycles. The highest BCUT2D eigenvalue weighted by Gasteiger charge is 1.90. The van der Waals surface area contributed by atoms with Gasteiger partial charge in [0.2, 0.25) is 0 Å². The number of hydrogen-bond donors (Lipinski definition) is 1. The first-order chi connectivity index (χ1) is 10.5. The van der Waals surface area contributed by atoms with E-state index in [1.54, 1.807) is 36.9 Å². The number of aliphatic carboxylic acids is 1. The standard InChI is InChI=1S/2C7H7N.C4H6O2.ClH/c2*1-2-7-3-5-8-6-4-7;1-3(2)4(5)6;/h2*2-6H,1H2;1H2,2H3,(H,5,6);1H. The summed E-state index contributed by atoms with van der Waals surface area (Å²) in [4.78, 5) is 17.3. The minimum atomic E-state index is -0.935. The maximum atomic E-state index is 9.60. The van der Waals surface area contributed by atoms with Gasteiger partial charge in [0.25, 0.3) is 0 Å². The Morgan fingerprint density at radius 2 is 1.22 bits per heavy atom. The van der Waals surface area contributed by atoms with Gasteiger partial charge in [-0.05, 0) is 42.3 Å². The topological polar surface area (TPSA) is 63.1 Å². The highest BCUT2D eigenvalue weighted by atomic mass is 35.5. The number of rotatable bonds is 3. The molecular formula is C18H21ClN2O2. The average Bonchev–Trinajstić information content (AvgIpc) is 2.57. The zero-order chi connectivity index (χ0) is 16.8. The van der Waals surface area contributed by atoms with E-state index in [9.17, 15) is 4.79 Å². The maximum Gasteiger partial charge on any atom is 0.330 e. The Morgan fingerprint density at radius 1 is 0.957 bits per heavy atom. The number of carboxylic acid groups (broad SMARTS) is 1. The molecule has 0 saturated carbocycles. The highest BCUT2D eigenvalue weighted by Crippen LogP contribution is 1.95. The van der Waals surface area contributed by atoms with Crippen LogP contribution in [0.5, 0.6) is 0 Å². The van der Waals surface area contributed by atoms with Crippen LogP contribution in [-0.4, -0.2) is 21.0 Å². The molecule has 0 fully saturated rings. The summed E-state index contributed by atoms with van der Waals surface area (Å²) in [6.45, 7) is 11.8. The molecule has 0 aliphatic rings. The van der Waals surface area contributed by atoms with Gasteiger partial charge in [-0.2, -0.15) is 0 Å². The van der Waals surface area contributed by atoms with Crippen LogP contribution in [0.1, 0.15) is 18.1 Å². The number of aromatic nitrogens is 2. The van der Waals surface area contributed by atoms with Crippen molar-refractivity contribution in [3.63, 3.8) is 0 Å². The highest BCUT2D eigenvalue weighted by molar-refractivity contribution is 5.85. The van der Waals surface area contributed by atoms with Gasteiger partial charge in [-0.1, -0.05) is 31.9 Å². The van der Waals surface area contributed by atoms with Crippen molar-refractivity contribution in [2.75, 3.05) is 0 Å². The molecule has 0 aliphatic carbocycles. The lowest BCUT2D eigenvalue weighted by molar-refractivity contribution is -0.132. The van der Waals surface area contributed by atoms with Crippen LogP contribution in [0.25, 0.3) is 12.2 Å². The van der Waals surface area contributed by atoms with Crippen LogP contribution in [0, 0.1) is 0 Å². The van der Waals surface area contributed by atoms with Gasteiger partial charge in [0.05, 0.1) is 0 Å². The Kier molecular flexibility index (Phi) is 14.0. The molecule has 2 aromatic rings. The lowest BCUT2D eigenvalue weighted by Gasteiger charge is -1.84. The van der Waals surface area contributed by atoms with E-state index >= 15 is 0 Å². The number of carbonyl (C=O) groups is 1. The zero-order valence-electron chi connectivity index (χ0n) is 13.1. The Morgan fingerprint density at radius 3 is 1.35 bits per heavy atom. The maximum absolute atomic E-state index is 9.60. The van der Waals surface area contributed by atoms with E-state index in [-0.39, 0.29) is 18.0 Å². The van der Waals surface area contributed by atoms with E-state index in [2.05, 4.69) is 29.7 Å². The predicted octanol–water partition coefficient (Wildman–Crippen LogP) is 4.52. The summed E-state index contributed by atoms with van der Waals surface area (Å²) in [5, 5.41) is 7.89. The summed E-state index contributed by atoms with van der Waals surface area (Å²) in [5.41, 5.74) is 2.40. The Balaban J connectivity index is 0. The lowest BCUT2D eigenvalue weighted by Crippen LogP contribution is -1.92. The first-order valence-corrected chi connectivity index (χ1v) is 6.45. The molecule has 0 bridgehead atoms. The van der Waals surface area contributed by atoms with Gasteiger partial charge in [-0.3, -0.25) is 9.97 Å². The third-order valence-electron chi connectivity index (χ3n) is 2.25. The van der Waals surface area contributed by atoms with Gasteiger partial charge in [0.15, 0.2) is 0 Å². The van der Waals surface area contributed by atoms with E-state index in [0.717, 1.165) is 11.1 Å². The molecule has 122 valence electrons. The Hall–Kier alpha value is -2.72. The molecule has 0 unspecified atom stereocenters. The Labute approximate surface area is 143 Å². The van der Waals surface area contributed by atoms with Crippen LogP contribution in [-0.2, 0) is 4.79 Å². The second kappa shape index (κ2) is 14.2. The number of pyridine rings is 2. The van der Waals surface area contributed by atoms with Crippen molar-refractivity contribution in [1.82, 2.24) is 9.97 Å².